The molecule has 0 saturated heterocycles. The van der Waals surface area contributed by atoms with Gasteiger partial charge in [-0.1, -0.05) is 41.4 Å². The van der Waals surface area contributed by atoms with Crippen LogP contribution < -0.4 is 10.2 Å². The molecule has 0 amide bonds. The molecule has 4 rings (SSSR count). The normalized spacial score (nSPS) is 11.0. The summed E-state index contributed by atoms with van der Waals surface area (Å²) in [5.41, 5.74) is 4.45. The van der Waals surface area contributed by atoms with E-state index in [2.05, 4.69) is 4.98 Å². The summed E-state index contributed by atoms with van der Waals surface area (Å²) < 4.78 is 5.87. The highest BCUT2D eigenvalue weighted by molar-refractivity contribution is 6.32. The number of hydrogen-bond acceptors (Lipinski definition) is 3. The molecule has 4 aromatic rings. The summed E-state index contributed by atoms with van der Waals surface area (Å²) in [7, 11) is 0. The van der Waals surface area contributed by atoms with Crippen LogP contribution >= 0.6 is 11.6 Å². The van der Waals surface area contributed by atoms with E-state index in [9.17, 15) is 9.90 Å². The summed E-state index contributed by atoms with van der Waals surface area (Å²) in [4.78, 5) is 16.4. The number of halogens is 1. The third kappa shape index (κ3) is 3.77. The van der Waals surface area contributed by atoms with Crippen molar-refractivity contribution in [3.8, 4) is 22.6 Å². The molecule has 0 bridgehead atoms. The van der Waals surface area contributed by atoms with Crippen molar-refractivity contribution in [2.45, 2.75) is 20.5 Å². The van der Waals surface area contributed by atoms with Crippen molar-refractivity contribution in [1.29, 1.82) is 0 Å². The number of aliphatic hydroxyl groups excluding tert-OH is 1. The lowest BCUT2D eigenvalue weighted by atomic mass is 10.0. The van der Waals surface area contributed by atoms with Gasteiger partial charge in [-0.2, -0.15) is 0 Å². The van der Waals surface area contributed by atoms with Crippen molar-refractivity contribution < 1.29 is 9.84 Å². The van der Waals surface area contributed by atoms with E-state index >= 15 is 0 Å². The van der Waals surface area contributed by atoms with Crippen LogP contribution in [0.1, 0.15) is 16.8 Å². The minimum atomic E-state index is -0.181. The standard InChI is InChI=1S/C24H20ClNO3/c1-14-3-7-18(8-4-14)29-19-9-5-16(6-10-19)23-15(2)26-22-11-17(13-27)21(25)12-20(22)24(23)28/h3-12,27H,13H2,1-2H3,(H,26,28). The van der Waals surface area contributed by atoms with Gasteiger partial charge in [0.15, 0.2) is 5.43 Å². The first-order chi connectivity index (χ1) is 14.0. The molecule has 146 valence electrons. The average Bonchev–Trinajstić information content (AvgIpc) is 2.71. The molecule has 2 N–H and O–H groups in total. The molecule has 0 atom stereocenters. The van der Waals surface area contributed by atoms with Gasteiger partial charge in [-0.15, -0.1) is 0 Å². The molecular formula is C24H20ClNO3. The molecule has 0 spiro atoms. The van der Waals surface area contributed by atoms with E-state index in [1.165, 1.54) is 5.56 Å². The second-order valence-electron chi connectivity index (χ2n) is 7.04. The molecule has 3 aromatic carbocycles. The minimum absolute atomic E-state index is 0.102. The molecule has 1 heterocycles. The zero-order chi connectivity index (χ0) is 20.5. The quantitative estimate of drug-likeness (QED) is 0.454. The Labute approximate surface area is 173 Å². The SMILES string of the molecule is Cc1ccc(Oc2ccc(-c3c(C)[nH]c4cc(CO)c(Cl)cc4c3=O)cc2)cc1. The Morgan fingerprint density at radius 2 is 1.59 bits per heavy atom. The largest absolute Gasteiger partial charge is 0.457 e. The molecule has 1 aromatic heterocycles. The summed E-state index contributed by atoms with van der Waals surface area (Å²) in [6.45, 7) is 3.71. The predicted octanol–water partition coefficient (Wildman–Crippen LogP) is 5.75. The third-order valence-corrected chi connectivity index (χ3v) is 5.28. The number of fused-ring (bicyclic) bond motifs is 1. The molecule has 5 heteroatoms. The van der Waals surface area contributed by atoms with Crippen molar-refractivity contribution in [1.82, 2.24) is 4.98 Å². The summed E-state index contributed by atoms with van der Waals surface area (Å²) in [5.74, 6) is 1.46. The lowest BCUT2D eigenvalue weighted by Gasteiger charge is -2.11. The summed E-state index contributed by atoms with van der Waals surface area (Å²) in [6, 6.07) is 18.6. The number of H-pyrrole nitrogens is 1. The van der Waals surface area contributed by atoms with Crippen LogP contribution in [0, 0.1) is 13.8 Å². The number of pyridine rings is 1. The van der Waals surface area contributed by atoms with Crippen molar-refractivity contribution in [2.75, 3.05) is 0 Å². The van der Waals surface area contributed by atoms with Crippen LogP contribution in [0.2, 0.25) is 5.02 Å². The van der Waals surface area contributed by atoms with Crippen LogP contribution in [-0.2, 0) is 6.61 Å². The lowest BCUT2D eigenvalue weighted by molar-refractivity contribution is 0.282. The molecule has 29 heavy (non-hydrogen) atoms. The number of benzene rings is 3. The Morgan fingerprint density at radius 3 is 2.21 bits per heavy atom. The number of aromatic nitrogens is 1. The van der Waals surface area contributed by atoms with Crippen LogP contribution in [0.25, 0.3) is 22.0 Å². The van der Waals surface area contributed by atoms with Crippen LogP contribution in [0.15, 0.2) is 65.5 Å². The highest BCUT2D eigenvalue weighted by Gasteiger charge is 2.14. The van der Waals surface area contributed by atoms with E-state index < -0.39 is 0 Å². The van der Waals surface area contributed by atoms with Crippen molar-refractivity contribution in [3.63, 3.8) is 0 Å². The molecule has 0 saturated carbocycles. The van der Waals surface area contributed by atoms with E-state index in [0.29, 0.717) is 32.8 Å². The predicted molar refractivity (Wildman–Crippen MR) is 117 cm³/mol. The van der Waals surface area contributed by atoms with Crippen LogP contribution in [-0.4, -0.2) is 10.1 Å². The Hall–Kier alpha value is -3.08. The first kappa shape index (κ1) is 19.2. The molecule has 0 unspecified atom stereocenters. The monoisotopic (exact) mass is 405 g/mol. The Kier molecular flexibility index (Phi) is 5.14. The highest BCUT2D eigenvalue weighted by Crippen LogP contribution is 2.28. The van der Waals surface area contributed by atoms with Gasteiger partial charge in [-0.3, -0.25) is 4.79 Å². The molecule has 0 aliphatic carbocycles. The number of rotatable bonds is 4. The van der Waals surface area contributed by atoms with Crippen LogP contribution in [0.3, 0.4) is 0 Å². The van der Waals surface area contributed by atoms with Gasteiger partial charge in [0.05, 0.1) is 6.61 Å². The first-order valence-corrected chi connectivity index (χ1v) is 9.65. The smallest absolute Gasteiger partial charge is 0.197 e. The second-order valence-corrected chi connectivity index (χ2v) is 7.45. The van der Waals surface area contributed by atoms with E-state index in [1.54, 1.807) is 12.1 Å². The molecule has 0 radical (unpaired) electrons. The van der Waals surface area contributed by atoms with Crippen molar-refractivity contribution in [3.05, 3.63) is 92.7 Å². The highest BCUT2D eigenvalue weighted by atomic mass is 35.5. The number of ether oxygens (including phenoxy) is 1. The zero-order valence-electron chi connectivity index (χ0n) is 16.1. The van der Waals surface area contributed by atoms with Gasteiger partial charge in [0, 0.05) is 27.2 Å². The maximum Gasteiger partial charge on any atom is 0.197 e. The van der Waals surface area contributed by atoms with E-state index in [0.717, 1.165) is 17.0 Å². The number of aliphatic hydroxyl groups is 1. The number of nitrogens with one attached hydrogen (secondary N) is 1. The summed E-state index contributed by atoms with van der Waals surface area (Å²) >= 11 is 6.19. The van der Waals surface area contributed by atoms with Gasteiger partial charge >= 0.3 is 0 Å². The fourth-order valence-corrected chi connectivity index (χ4v) is 3.60. The van der Waals surface area contributed by atoms with Crippen molar-refractivity contribution in [2.24, 2.45) is 0 Å². The Morgan fingerprint density at radius 1 is 0.966 bits per heavy atom. The van der Waals surface area contributed by atoms with E-state index in [4.69, 9.17) is 16.3 Å². The third-order valence-electron chi connectivity index (χ3n) is 4.93. The maximum absolute atomic E-state index is 13.1. The Bertz CT molecular complexity index is 1240. The molecule has 4 nitrogen and oxygen atoms in total. The van der Waals surface area contributed by atoms with Gasteiger partial charge in [-0.05, 0) is 61.4 Å². The van der Waals surface area contributed by atoms with Crippen molar-refractivity contribution >= 4 is 22.5 Å². The van der Waals surface area contributed by atoms with Gasteiger partial charge in [-0.25, -0.2) is 0 Å². The second kappa shape index (κ2) is 7.74. The number of aryl methyl sites for hydroxylation is 2. The maximum atomic E-state index is 13.1. The average molecular weight is 406 g/mol. The Balaban J connectivity index is 1.72. The summed E-state index contributed by atoms with van der Waals surface area (Å²) in [5, 5.41) is 10.3. The van der Waals surface area contributed by atoms with Crippen LogP contribution in [0.4, 0.5) is 0 Å². The van der Waals surface area contributed by atoms with E-state index in [-0.39, 0.29) is 12.0 Å². The number of hydrogen-bond donors (Lipinski definition) is 2. The fourth-order valence-electron chi connectivity index (χ4n) is 3.38. The lowest BCUT2D eigenvalue weighted by Crippen LogP contribution is -2.10. The summed E-state index contributed by atoms with van der Waals surface area (Å²) in [6.07, 6.45) is 0. The topological polar surface area (TPSA) is 62.3 Å². The molecule has 0 aliphatic rings. The first-order valence-electron chi connectivity index (χ1n) is 9.27. The van der Waals surface area contributed by atoms with Gasteiger partial charge in [0.25, 0.3) is 0 Å². The minimum Gasteiger partial charge on any atom is -0.457 e. The molecule has 0 aliphatic heterocycles. The van der Waals surface area contributed by atoms with Gasteiger partial charge < -0.3 is 14.8 Å². The zero-order valence-corrected chi connectivity index (χ0v) is 16.9. The van der Waals surface area contributed by atoms with E-state index in [1.807, 2.05) is 62.4 Å². The van der Waals surface area contributed by atoms with Gasteiger partial charge in [0.2, 0.25) is 0 Å². The van der Waals surface area contributed by atoms with Crippen LogP contribution in [0.5, 0.6) is 11.5 Å². The number of aromatic amines is 1. The molecule has 0 fully saturated rings. The van der Waals surface area contributed by atoms with Gasteiger partial charge in [0.1, 0.15) is 11.5 Å². The fraction of sp³-hybridized carbons (Fsp3) is 0.125. The molecular weight excluding hydrogens is 386 g/mol.